The highest BCUT2D eigenvalue weighted by Crippen LogP contribution is 2.45. The number of urea groups is 1. The summed E-state index contributed by atoms with van der Waals surface area (Å²) in [6.07, 6.45) is 0. The standard InChI is InChI=1S/C28H23N7O12S2/c1-13(30-18-8-4-2-6-16(18)25(37)38)31-28(33-27(29)41)32-20-12-15(48(42,43)44)10-14-11-21(49(45,46)47)23(24(36)22(14)20)35-34-19-9-5-3-7-17(19)26(39)40/h2-12,30,36H,1H2,(H,37,38)(H,39,40)(H,42,43,44)(H,45,46,47)(H4,29,31,32,33,41). The fourth-order valence-corrected chi connectivity index (χ4v) is 5.47. The Morgan fingerprint density at radius 3 is 1.98 bits per heavy atom. The van der Waals surface area contributed by atoms with Gasteiger partial charge in [-0.15, -0.1) is 10.2 Å². The van der Waals surface area contributed by atoms with Crippen molar-refractivity contribution >= 4 is 77.7 Å². The van der Waals surface area contributed by atoms with Gasteiger partial charge in [-0.05, 0) is 47.9 Å². The van der Waals surface area contributed by atoms with E-state index < -0.39 is 81.9 Å². The first-order valence-corrected chi connectivity index (χ1v) is 16.0. The Labute approximate surface area is 275 Å². The van der Waals surface area contributed by atoms with E-state index in [1.165, 1.54) is 42.5 Å². The second-order valence-electron chi connectivity index (χ2n) is 9.61. The summed E-state index contributed by atoms with van der Waals surface area (Å²) < 4.78 is 68.8. The molecule has 254 valence electrons. The number of phenolic OH excluding ortho intramolecular Hbond substituents is 1. The number of primary amides is 1. The van der Waals surface area contributed by atoms with Crippen molar-refractivity contribution in [3.05, 3.63) is 90.3 Å². The Balaban J connectivity index is 1.96. The lowest BCUT2D eigenvalue weighted by molar-refractivity contribution is 0.0687. The molecule has 0 bridgehead atoms. The molecular formula is C28H23N7O12S2. The van der Waals surface area contributed by atoms with Gasteiger partial charge >= 0.3 is 18.0 Å². The van der Waals surface area contributed by atoms with Crippen molar-refractivity contribution < 1.29 is 55.6 Å². The van der Waals surface area contributed by atoms with Gasteiger partial charge in [0.25, 0.3) is 20.2 Å². The molecule has 4 aromatic rings. The average Bonchev–Trinajstić information content (AvgIpc) is 2.99. The quantitative estimate of drug-likeness (QED) is 0.0488. The summed E-state index contributed by atoms with van der Waals surface area (Å²) in [4.78, 5) is 37.1. The number of carboxylic acids is 2. The van der Waals surface area contributed by atoms with Crippen LogP contribution >= 0.6 is 0 Å². The number of phenols is 1. The van der Waals surface area contributed by atoms with Gasteiger partial charge in [0.15, 0.2) is 5.75 Å². The first-order chi connectivity index (χ1) is 22.9. The zero-order chi connectivity index (χ0) is 36.3. The molecule has 0 saturated heterocycles. The third-order valence-electron chi connectivity index (χ3n) is 6.27. The number of fused-ring (bicyclic) bond motifs is 1. The van der Waals surface area contributed by atoms with Gasteiger partial charge in [-0.2, -0.15) is 21.8 Å². The number of benzene rings is 4. The van der Waals surface area contributed by atoms with Crippen LogP contribution in [0.5, 0.6) is 5.75 Å². The number of aliphatic imine (C=N–C) groups is 1. The van der Waals surface area contributed by atoms with E-state index in [1.54, 1.807) is 0 Å². The topological polar surface area (TPSA) is 320 Å². The predicted octanol–water partition coefficient (Wildman–Crippen LogP) is 3.87. The van der Waals surface area contributed by atoms with Gasteiger partial charge < -0.3 is 31.7 Å². The molecule has 4 aromatic carbocycles. The van der Waals surface area contributed by atoms with Crippen LogP contribution in [-0.4, -0.2) is 65.2 Å². The van der Waals surface area contributed by atoms with E-state index in [0.717, 1.165) is 18.2 Å². The molecule has 0 aliphatic carbocycles. The maximum absolute atomic E-state index is 12.4. The number of guanidine groups is 1. The zero-order valence-electron chi connectivity index (χ0n) is 24.4. The number of nitrogens with one attached hydrogen (secondary N) is 3. The van der Waals surface area contributed by atoms with Crippen molar-refractivity contribution in [3.8, 4) is 5.75 Å². The maximum Gasteiger partial charge on any atom is 0.337 e. The van der Waals surface area contributed by atoms with Crippen LogP contribution in [0, 0.1) is 0 Å². The molecule has 0 aliphatic rings. The van der Waals surface area contributed by atoms with Crippen molar-refractivity contribution in [1.29, 1.82) is 0 Å². The van der Waals surface area contributed by atoms with Crippen molar-refractivity contribution in [1.82, 2.24) is 5.32 Å². The number of aromatic carboxylic acids is 2. The Kier molecular flexibility index (Phi) is 9.94. The molecule has 4 rings (SSSR count). The highest BCUT2D eigenvalue weighted by molar-refractivity contribution is 7.86. The van der Waals surface area contributed by atoms with Gasteiger partial charge in [0.1, 0.15) is 22.1 Å². The number of hydrogen-bond acceptors (Lipinski definition) is 12. The molecule has 21 heteroatoms. The molecule has 49 heavy (non-hydrogen) atoms. The number of rotatable bonds is 10. The normalized spacial score (nSPS) is 12.1. The minimum atomic E-state index is -5.26. The van der Waals surface area contributed by atoms with E-state index in [-0.39, 0.29) is 28.3 Å². The van der Waals surface area contributed by atoms with Crippen LogP contribution in [0.3, 0.4) is 0 Å². The van der Waals surface area contributed by atoms with E-state index >= 15 is 0 Å². The molecule has 10 N–H and O–H groups in total. The van der Waals surface area contributed by atoms with Crippen molar-refractivity contribution in [3.63, 3.8) is 0 Å². The first-order valence-electron chi connectivity index (χ1n) is 13.1. The number of para-hydroxylation sites is 1. The van der Waals surface area contributed by atoms with Crippen LogP contribution in [0.4, 0.5) is 27.5 Å². The highest BCUT2D eigenvalue weighted by atomic mass is 32.2. The molecule has 0 aliphatic heterocycles. The summed E-state index contributed by atoms with van der Waals surface area (Å²) in [6.45, 7) is 3.63. The fraction of sp³-hybridized carbons (Fsp3) is 0. The lowest BCUT2D eigenvalue weighted by Crippen LogP contribution is -2.39. The smallest absolute Gasteiger partial charge is 0.337 e. The van der Waals surface area contributed by atoms with Gasteiger partial charge in [-0.3, -0.25) is 14.4 Å². The van der Waals surface area contributed by atoms with Gasteiger partial charge in [-0.25, -0.2) is 14.4 Å². The molecule has 2 amide bonds. The van der Waals surface area contributed by atoms with E-state index in [4.69, 9.17) is 5.73 Å². The van der Waals surface area contributed by atoms with Gasteiger partial charge in [-0.1, -0.05) is 30.8 Å². The van der Waals surface area contributed by atoms with E-state index in [1.807, 2.05) is 0 Å². The molecule has 0 saturated carbocycles. The number of amides is 2. The Bertz CT molecular complexity index is 2340. The van der Waals surface area contributed by atoms with Crippen LogP contribution in [0.25, 0.3) is 10.8 Å². The number of nitrogens with zero attached hydrogens (tertiary/aromatic N) is 3. The Morgan fingerprint density at radius 1 is 0.776 bits per heavy atom. The number of carboxylic acid groups (broad SMARTS) is 2. The van der Waals surface area contributed by atoms with Crippen LogP contribution in [0.2, 0.25) is 0 Å². The summed E-state index contributed by atoms with van der Waals surface area (Å²) in [6, 6.07) is 11.6. The van der Waals surface area contributed by atoms with Crippen LogP contribution < -0.4 is 21.7 Å². The Hall–Kier alpha value is -6.42. The number of hydrogen-bond donors (Lipinski definition) is 9. The fourth-order valence-electron chi connectivity index (χ4n) is 4.27. The number of azo groups is 1. The number of nitrogens with two attached hydrogens (primary N) is 1. The second kappa shape index (κ2) is 13.7. The number of carbonyl (C=O) groups excluding carboxylic acids is 1. The summed E-state index contributed by atoms with van der Waals surface area (Å²) >= 11 is 0. The summed E-state index contributed by atoms with van der Waals surface area (Å²) in [5, 5.41) is 43.9. The molecule has 0 fully saturated rings. The zero-order valence-corrected chi connectivity index (χ0v) is 26.0. The number of aromatic hydroxyl groups is 1. The molecule has 0 radical (unpaired) electrons. The van der Waals surface area contributed by atoms with E-state index in [2.05, 4.69) is 37.8 Å². The van der Waals surface area contributed by atoms with E-state index in [9.17, 15) is 55.6 Å². The minimum absolute atomic E-state index is 0.0239. The van der Waals surface area contributed by atoms with Gasteiger partial charge in [0.05, 0.1) is 27.4 Å². The number of anilines is 2. The Morgan fingerprint density at radius 2 is 1.39 bits per heavy atom. The molecule has 0 spiro atoms. The first kappa shape index (κ1) is 35.4. The SMILES string of the molecule is C=C(N=C(NC(N)=O)Nc1cc(S(=O)(=O)O)cc2cc(S(=O)(=O)O)c(N=Nc3ccccc3C(=O)O)c(O)c12)Nc1ccccc1C(=O)O. The highest BCUT2D eigenvalue weighted by Gasteiger charge is 2.26. The third-order valence-corrected chi connectivity index (χ3v) is 7.97. The minimum Gasteiger partial charge on any atom is -0.505 e. The van der Waals surface area contributed by atoms with Crippen LogP contribution in [-0.2, 0) is 20.2 Å². The maximum atomic E-state index is 12.4. The monoisotopic (exact) mass is 713 g/mol. The summed E-state index contributed by atoms with van der Waals surface area (Å²) in [7, 11) is -10.3. The number of carbonyl (C=O) groups is 3. The molecule has 0 unspecified atom stereocenters. The third kappa shape index (κ3) is 8.30. The van der Waals surface area contributed by atoms with Crippen molar-refractivity contribution in [2.75, 3.05) is 10.6 Å². The summed E-state index contributed by atoms with van der Waals surface area (Å²) in [5.74, 6) is -4.74. The molecule has 19 nitrogen and oxygen atoms in total. The summed E-state index contributed by atoms with van der Waals surface area (Å²) in [5.41, 5.74) is 3.01. The van der Waals surface area contributed by atoms with Gasteiger partial charge in [0, 0.05) is 5.39 Å². The average molecular weight is 714 g/mol. The molecule has 0 heterocycles. The lowest BCUT2D eigenvalue weighted by atomic mass is 10.1. The largest absolute Gasteiger partial charge is 0.505 e. The van der Waals surface area contributed by atoms with Crippen molar-refractivity contribution in [2.45, 2.75) is 9.79 Å². The van der Waals surface area contributed by atoms with E-state index in [0.29, 0.717) is 6.07 Å². The van der Waals surface area contributed by atoms with Crippen molar-refractivity contribution in [2.24, 2.45) is 21.0 Å². The lowest BCUT2D eigenvalue weighted by Gasteiger charge is -2.17. The molecule has 0 aromatic heterocycles. The second-order valence-corrected chi connectivity index (χ2v) is 12.4. The molecule has 0 atom stereocenters. The van der Waals surface area contributed by atoms with Crippen LogP contribution in [0.15, 0.2) is 104 Å². The van der Waals surface area contributed by atoms with Gasteiger partial charge in [0.2, 0.25) is 5.96 Å². The van der Waals surface area contributed by atoms with Crippen LogP contribution in [0.1, 0.15) is 20.7 Å². The molecular weight excluding hydrogens is 690 g/mol. The predicted molar refractivity (Wildman–Crippen MR) is 173 cm³/mol.